The number of para-hydroxylation sites is 1. The van der Waals surface area contributed by atoms with Crippen LogP contribution in [0.4, 0.5) is 11.4 Å². The second-order valence-electron chi connectivity index (χ2n) is 11.5. The van der Waals surface area contributed by atoms with Crippen molar-refractivity contribution in [2.45, 2.75) is 69.1 Å². The first-order chi connectivity index (χ1) is 19.3. The van der Waals surface area contributed by atoms with Gasteiger partial charge in [0.1, 0.15) is 0 Å². The fourth-order valence-corrected chi connectivity index (χ4v) is 6.02. The maximum atomic E-state index is 11.8. The molecule has 0 atom stereocenters. The number of carbonyl (C=O) groups is 1. The molecule has 2 aromatic carbocycles. The molecule has 2 aliphatic heterocycles. The molecule has 4 rings (SSSR count). The third-order valence-corrected chi connectivity index (χ3v) is 8.69. The van der Waals surface area contributed by atoms with Gasteiger partial charge < -0.3 is 10.0 Å². The Hall–Kier alpha value is -3.75. The number of unbranched alkanes of at least 4 members (excludes halogenated alkanes) is 2. The Bertz CT molecular complexity index is 1580. The Morgan fingerprint density at radius 1 is 0.902 bits per heavy atom. The zero-order valence-electron chi connectivity index (χ0n) is 24.0. The van der Waals surface area contributed by atoms with E-state index in [0.717, 1.165) is 41.2 Å². The molecule has 0 saturated carbocycles. The van der Waals surface area contributed by atoms with Gasteiger partial charge in [-0.1, -0.05) is 82.7 Å². The molecule has 0 bridgehead atoms. The number of fused-ring (bicyclic) bond motifs is 2. The van der Waals surface area contributed by atoms with Gasteiger partial charge in [-0.05, 0) is 60.4 Å². The smallest absolute Gasteiger partial charge is 0.303 e. The van der Waals surface area contributed by atoms with E-state index in [4.69, 9.17) is 10.1 Å². The number of anilines is 1. The second-order valence-corrected chi connectivity index (χ2v) is 12.9. The molecule has 2 N–H and O–H groups in total. The van der Waals surface area contributed by atoms with Crippen molar-refractivity contribution < 1.29 is 22.9 Å². The van der Waals surface area contributed by atoms with E-state index in [-0.39, 0.29) is 16.7 Å². The summed E-state index contributed by atoms with van der Waals surface area (Å²) in [6.45, 7) is 9.08. The summed E-state index contributed by atoms with van der Waals surface area (Å²) in [7, 11) is -4.33. The Balaban J connectivity index is 1.51. The molecule has 2 aliphatic rings. The van der Waals surface area contributed by atoms with E-state index in [9.17, 15) is 17.8 Å². The van der Waals surface area contributed by atoms with Gasteiger partial charge in [0.15, 0.2) is 0 Å². The van der Waals surface area contributed by atoms with Crippen molar-refractivity contribution in [3.8, 4) is 0 Å². The molecule has 0 amide bonds. The molecule has 0 spiro atoms. The Kier molecular flexibility index (Phi) is 8.85. The van der Waals surface area contributed by atoms with Crippen LogP contribution in [0.25, 0.3) is 0 Å². The lowest BCUT2D eigenvalue weighted by Crippen LogP contribution is -2.27. The second kappa shape index (κ2) is 12.0. The highest BCUT2D eigenvalue weighted by molar-refractivity contribution is 7.85. The molecule has 7 nitrogen and oxygen atoms in total. The normalized spacial score (nSPS) is 18.5. The number of aliphatic imine (C=N–C) groups is 1. The average Bonchev–Trinajstić information content (AvgIpc) is 3.28. The maximum Gasteiger partial charge on any atom is 0.303 e. The number of nitrogens with zero attached hydrogens (tertiary/aromatic N) is 2. The van der Waals surface area contributed by atoms with Crippen LogP contribution in [-0.4, -0.2) is 36.3 Å². The number of hydrogen-bond donors (Lipinski definition) is 2. The van der Waals surface area contributed by atoms with E-state index < -0.39 is 21.5 Å². The van der Waals surface area contributed by atoms with Gasteiger partial charge in [0, 0.05) is 35.2 Å². The summed E-state index contributed by atoms with van der Waals surface area (Å²) in [5, 5.41) is 8.93. The minimum absolute atomic E-state index is 0.129. The summed E-state index contributed by atoms with van der Waals surface area (Å²) in [6.07, 6.45) is 16.2. The van der Waals surface area contributed by atoms with Crippen molar-refractivity contribution in [3.05, 3.63) is 102 Å². The lowest BCUT2D eigenvalue weighted by atomic mass is 9.81. The van der Waals surface area contributed by atoms with Crippen LogP contribution in [0.5, 0.6) is 0 Å². The van der Waals surface area contributed by atoms with E-state index in [2.05, 4.69) is 24.8 Å². The molecule has 0 radical (unpaired) electrons. The first-order valence-corrected chi connectivity index (χ1v) is 15.3. The van der Waals surface area contributed by atoms with Crippen molar-refractivity contribution in [2.75, 3.05) is 11.4 Å². The van der Waals surface area contributed by atoms with Gasteiger partial charge in [0.25, 0.3) is 10.1 Å². The SMILES string of the molecule is CC1(C)C(/C=C/C=C/C=C/C=C2/N(CCCCCC(=O)O)c3ccc(S(=O)(=O)O)cc3C2(C)C)=Nc2ccccc21. The van der Waals surface area contributed by atoms with Crippen LogP contribution in [-0.2, 0) is 25.7 Å². The Morgan fingerprint density at radius 3 is 2.32 bits per heavy atom. The van der Waals surface area contributed by atoms with Crippen LogP contribution in [0, 0.1) is 0 Å². The van der Waals surface area contributed by atoms with Gasteiger partial charge in [-0.25, -0.2) is 0 Å². The highest BCUT2D eigenvalue weighted by Crippen LogP contribution is 2.48. The molecule has 8 heteroatoms. The van der Waals surface area contributed by atoms with Crippen molar-refractivity contribution in [2.24, 2.45) is 4.99 Å². The quantitative estimate of drug-likeness (QED) is 0.166. The van der Waals surface area contributed by atoms with Crippen LogP contribution in [0.1, 0.15) is 64.5 Å². The topological polar surface area (TPSA) is 107 Å². The monoisotopic (exact) mass is 574 g/mol. The summed E-state index contributed by atoms with van der Waals surface area (Å²) in [6, 6.07) is 12.9. The molecule has 41 heavy (non-hydrogen) atoms. The fourth-order valence-electron chi connectivity index (χ4n) is 5.52. The number of rotatable bonds is 11. The zero-order chi connectivity index (χ0) is 29.8. The predicted molar refractivity (Wildman–Crippen MR) is 165 cm³/mol. The van der Waals surface area contributed by atoms with Gasteiger partial charge in [0.2, 0.25) is 0 Å². The lowest BCUT2D eigenvalue weighted by molar-refractivity contribution is -0.137. The van der Waals surface area contributed by atoms with Crippen molar-refractivity contribution in [1.82, 2.24) is 0 Å². The number of allylic oxidation sites excluding steroid dienone is 8. The van der Waals surface area contributed by atoms with E-state index in [1.807, 2.05) is 74.6 Å². The average molecular weight is 575 g/mol. The Morgan fingerprint density at radius 2 is 1.61 bits per heavy atom. The van der Waals surface area contributed by atoms with E-state index in [0.29, 0.717) is 13.0 Å². The molecule has 2 aromatic rings. The highest BCUT2D eigenvalue weighted by atomic mass is 32.2. The minimum Gasteiger partial charge on any atom is -0.481 e. The third kappa shape index (κ3) is 6.60. The van der Waals surface area contributed by atoms with Gasteiger partial charge in [0.05, 0.1) is 16.3 Å². The first-order valence-electron chi connectivity index (χ1n) is 13.9. The van der Waals surface area contributed by atoms with E-state index in [1.165, 1.54) is 11.6 Å². The molecule has 0 unspecified atom stereocenters. The molecular weight excluding hydrogens is 536 g/mol. The van der Waals surface area contributed by atoms with Crippen LogP contribution >= 0.6 is 0 Å². The van der Waals surface area contributed by atoms with Crippen LogP contribution in [0.3, 0.4) is 0 Å². The number of aliphatic carboxylic acids is 1. The summed E-state index contributed by atoms with van der Waals surface area (Å²) in [4.78, 5) is 17.7. The third-order valence-electron chi connectivity index (χ3n) is 7.84. The van der Waals surface area contributed by atoms with Gasteiger partial charge >= 0.3 is 5.97 Å². The van der Waals surface area contributed by atoms with Crippen molar-refractivity contribution in [3.63, 3.8) is 0 Å². The molecular formula is C33H38N2O5S. The summed E-state index contributed by atoms with van der Waals surface area (Å²) >= 11 is 0. The molecule has 0 aromatic heterocycles. The maximum absolute atomic E-state index is 11.8. The van der Waals surface area contributed by atoms with Crippen molar-refractivity contribution in [1.29, 1.82) is 0 Å². The van der Waals surface area contributed by atoms with Gasteiger partial charge in [-0.15, -0.1) is 0 Å². The zero-order valence-corrected chi connectivity index (χ0v) is 24.9. The molecule has 0 saturated heterocycles. The summed E-state index contributed by atoms with van der Waals surface area (Å²) in [5.74, 6) is -0.797. The molecule has 0 aliphatic carbocycles. The number of carboxylic acids is 1. The molecule has 0 fully saturated rings. The van der Waals surface area contributed by atoms with Crippen molar-refractivity contribution >= 4 is 33.2 Å². The first kappa shape index (κ1) is 30.2. The van der Waals surface area contributed by atoms with Gasteiger partial charge in [-0.3, -0.25) is 14.3 Å². The van der Waals surface area contributed by atoms with E-state index in [1.54, 1.807) is 12.1 Å². The fraction of sp³-hybridized carbons (Fsp3) is 0.333. The summed E-state index contributed by atoms with van der Waals surface area (Å²) in [5.41, 5.74) is 5.31. The predicted octanol–water partition coefficient (Wildman–Crippen LogP) is 7.29. The van der Waals surface area contributed by atoms with Crippen LogP contribution in [0.15, 0.2) is 101 Å². The molecule has 216 valence electrons. The molecule has 2 heterocycles. The standard InChI is InChI=1S/C33H38N2O5S/c1-32(2)25-15-12-13-16-27(25)34-29(32)17-9-6-5-7-10-18-30-33(3,4)26-23-24(41(38,39)40)20-21-28(26)35(30)22-14-8-11-19-31(36)37/h5-7,9-10,12-13,15-18,20-21,23H,8,11,14,19,22H2,1-4H3,(H,36,37)(H,38,39,40)/b6-5+,10-7+,17-9+,30-18+. The van der Waals surface area contributed by atoms with Crippen LogP contribution < -0.4 is 4.90 Å². The van der Waals surface area contributed by atoms with Crippen LogP contribution in [0.2, 0.25) is 0 Å². The lowest BCUT2D eigenvalue weighted by Gasteiger charge is -2.27. The van der Waals surface area contributed by atoms with E-state index >= 15 is 0 Å². The summed E-state index contributed by atoms with van der Waals surface area (Å²) < 4.78 is 33.3. The Labute approximate surface area is 243 Å². The largest absolute Gasteiger partial charge is 0.481 e. The number of carboxylic acid groups (broad SMARTS) is 1. The number of benzene rings is 2. The number of hydrogen-bond acceptors (Lipinski definition) is 5. The minimum atomic E-state index is -4.33. The highest BCUT2D eigenvalue weighted by Gasteiger charge is 2.40. The van der Waals surface area contributed by atoms with Gasteiger partial charge in [-0.2, -0.15) is 8.42 Å².